The van der Waals surface area contributed by atoms with Crippen LogP contribution in [-0.2, 0) is 16.0 Å². The lowest BCUT2D eigenvalue weighted by atomic mass is 10.1. The van der Waals surface area contributed by atoms with Crippen molar-refractivity contribution in [2.75, 3.05) is 38.7 Å². The van der Waals surface area contributed by atoms with Gasteiger partial charge in [0.25, 0.3) is 5.91 Å². The molecule has 0 aromatic heterocycles. The van der Waals surface area contributed by atoms with Crippen LogP contribution >= 0.6 is 0 Å². The van der Waals surface area contributed by atoms with E-state index >= 15 is 0 Å². The van der Waals surface area contributed by atoms with Crippen LogP contribution in [0.15, 0.2) is 24.3 Å². The van der Waals surface area contributed by atoms with E-state index in [0.29, 0.717) is 13.2 Å². The van der Waals surface area contributed by atoms with E-state index in [0.717, 1.165) is 30.6 Å². The van der Waals surface area contributed by atoms with Crippen molar-refractivity contribution in [2.24, 2.45) is 0 Å². The molecule has 0 saturated carbocycles. The Bertz CT molecular complexity index is 450. The molecule has 1 saturated heterocycles. The summed E-state index contributed by atoms with van der Waals surface area (Å²) in [7, 11) is 1.98. The molecule has 5 heteroatoms. The summed E-state index contributed by atoms with van der Waals surface area (Å²) in [6.07, 6.45) is 1.13. The normalized spacial score (nSPS) is 19.8. The van der Waals surface area contributed by atoms with Gasteiger partial charge in [-0.05, 0) is 37.6 Å². The Balaban J connectivity index is 1.93. The molecule has 5 nitrogen and oxygen atoms in total. The Morgan fingerprint density at radius 1 is 1.55 bits per heavy atom. The Hall–Kier alpha value is -1.43. The van der Waals surface area contributed by atoms with Gasteiger partial charge in [0.05, 0.1) is 6.61 Å². The van der Waals surface area contributed by atoms with Gasteiger partial charge in [0.2, 0.25) is 0 Å². The fourth-order valence-electron chi connectivity index (χ4n) is 2.25. The first-order valence-electron chi connectivity index (χ1n) is 7.00. The molecule has 1 aliphatic rings. The van der Waals surface area contributed by atoms with Crippen molar-refractivity contribution >= 4 is 11.6 Å². The van der Waals surface area contributed by atoms with Crippen molar-refractivity contribution in [2.45, 2.75) is 18.9 Å². The molecule has 1 fully saturated rings. The van der Waals surface area contributed by atoms with Crippen molar-refractivity contribution in [1.82, 2.24) is 4.90 Å². The quantitative estimate of drug-likeness (QED) is 0.839. The van der Waals surface area contributed by atoms with E-state index in [2.05, 4.69) is 10.2 Å². The molecule has 20 heavy (non-hydrogen) atoms. The highest BCUT2D eigenvalue weighted by atomic mass is 16.5. The zero-order chi connectivity index (χ0) is 14.4. The number of benzene rings is 1. The average Bonchev–Trinajstić information content (AvgIpc) is 2.45. The second-order valence-electron chi connectivity index (χ2n) is 5.14. The predicted molar refractivity (Wildman–Crippen MR) is 77.7 cm³/mol. The molecule has 1 heterocycles. The van der Waals surface area contributed by atoms with Gasteiger partial charge < -0.3 is 20.1 Å². The van der Waals surface area contributed by atoms with Crippen LogP contribution in [0.25, 0.3) is 0 Å². The Labute approximate surface area is 119 Å². The van der Waals surface area contributed by atoms with Gasteiger partial charge in [-0.1, -0.05) is 12.1 Å². The Morgan fingerprint density at radius 3 is 3.15 bits per heavy atom. The summed E-state index contributed by atoms with van der Waals surface area (Å²) in [6, 6.07) is 7.72. The zero-order valence-corrected chi connectivity index (χ0v) is 11.8. The number of likely N-dealkylation sites (N-methyl/N-ethyl adjacent to an activating group) is 1. The number of ether oxygens (including phenoxy) is 1. The van der Waals surface area contributed by atoms with Crippen molar-refractivity contribution in [3.05, 3.63) is 29.8 Å². The Kier molecular flexibility index (Phi) is 5.52. The van der Waals surface area contributed by atoms with Gasteiger partial charge in [-0.3, -0.25) is 4.79 Å². The molecule has 2 N–H and O–H groups in total. The molecule has 110 valence electrons. The van der Waals surface area contributed by atoms with E-state index in [1.807, 2.05) is 31.3 Å². The number of carbonyl (C=O) groups is 1. The first kappa shape index (κ1) is 15.0. The topological polar surface area (TPSA) is 61.8 Å². The number of hydrogen-bond acceptors (Lipinski definition) is 4. The third-order valence-corrected chi connectivity index (χ3v) is 3.38. The minimum absolute atomic E-state index is 0.101. The molecule has 0 spiro atoms. The summed E-state index contributed by atoms with van der Waals surface area (Å²) >= 11 is 0. The summed E-state index contributed by atoms with van der Waals surface area (Å²) in [5, 5.41) is 11.7. The lowest BCUT2D eigenvalue weighted by molar-refractivity contribution is -0.132. The number of nitrogens with zero attached hydrogens (tertiary/aromatic N) is 1. The molecule has 2 rings (SSSR count). The SMILES string of the molecule is CN1CCOC(C(=O)Nc2cccc(CCCO)c2)C1. The van der Waals surface area contributed by atoms with Crippen LogP contribution in [-0.4, -0.2) is 55.4 Å². The number of aliphatic hydroxyl groups is 1. The summed E-state index contributed by atoms with van der Waals surface area (Å²) in [5.74, 6) is -0.101. The predicted octanol–water partition coefficient (Wildman–Crippen LogP) is 0.881. The summed E-state index contributed by atoms with van der Waals surface area (Å²) in [5.41, 5.74) is 1.89. The number of nitrogens with one attached hydrogen (secondary N) is 1. The van der Waals surface area contributed by atoms with Crippen LogP contribution in [0.3, 0.4) is 0 Å². The highest BCUT2D eigenvalue weighted by Crippen LogP contribution is 2.14. The first-order chi connectivity index (χ1) is 9.69. The average molecular weight is 278 g/mol. The molecule has 1 aromatic carbocycles. The maximum atomic E-state index is 12.1. The van der Waals surface area contributed by atoms with E-state index < -0.39 is 6.10 Å². The lowest BCUT2D eigenvalue weighted by Gasteiger charge is -2.29. The smallest absolute Gasteiger partial charge is 0.254 e. The molecule has 1 aliphatic heterocycles. The van der Waals surface area contributed by atoms with Crippen LogP contribution < -0.4 is 5.32 Å². The standard InChI is InChI=1S/C15H22N2O3/c1-17-7-9-20-14(11-17)15(19)16-13-6-2-4-12(10-13)5-3-8-18/h2,4,6,10,14,18H,3,5,7-9,11H2,1H3,(H,16,19). The van der Waals surface area contributed by atoms with Crippen molar-refractivity contribution in [3.8, 4) is 0 Å². The third-order valence-electron chi connectivity index (χ3n) is 3.38. The number of aliphatic hydroxyl groups excluding tert-OH is 1. The monoisotopic (exact) mass is 278 g/mol. The Morgan fingerprint density at radius 2 is 2.40 bits per heavy atom. The third kappa shape index (κ3) is 4.30. The maximum Gasteiger partial charge on any atom is 0.254 e. The molecule has 0 aliphatic carbocycles. The van der Waals surface area contributed by atoms with E-state index in [4.69, 9.17) is 9.84 Å². The van der Waals surface area contributed by atoms with Gasteiger partial charge in [0, 0.05) is 25.4 Å². The largest absolute Gasteiger partial charge is 0.396 e. The van der Waals surface area contributed by atoms with Gasteiger partial charge in [0.15, 0.2) is 0 Å². The summed E-state index contributed by atoms with van der Waals surface area (Å²) < 4.78 is 5.49. The molecule has 0 radical (unpaired) electrons. The second kappa shape index (κ2) is 7.38. The van der Waals surface area contributed by atoms with Crippen molar-refractivity contribution in [1.29, 1.82) is 0 Å². The highest BCUT2D eigenvalue weighted by molar-refractivity contribution is 5.94. The van der Waals surface area contributed by atoms with E-state index in [-0.39, 0.29) is 12.5 Å². The summed E-state index contributed by atoms with van der Waals surface area (Å²) in [4.78, 5) is 14.2. The fourth-order valence-corrected chi connectivity index (χ4v) is 2.25. The van der Waals surface area contributed by atoms with Crippen LogP contribution in [0.2, 0.25) is 0 Å². The molecule has 1 amide bonds. The zero-order valence-electron chi connectivity index (χ0n) is 11.8. The van der Waals surface area contributed by atoms with E-state index in [1.165, 1.54) is 0 Å². The number of morpholine rings is 1. The maximum absolute atomic E-state index is 12.1. The van der Waals surface area contributed by atoms with Crippen LogP contribution in [0.5, 0.6) is 0 Å². The molecule has 1 atom stereocenters. The first-order valence-corrected chi connectivity index (χ1v) is 7.00. The van der Waals surface area contributed by atoms with E-state index in [1.54, 1.807) is 0 Å². The number of hydrogen-bond donors (Lipinski definition) is 2. The number of amides is 1. The number of carbonyl (C=O) groups excluding carboxylic acids is 1. The highest BCUT2D eigenvalue weighted by Gasteiger charge is 2.24. The van der Waals surface area contributed by atoms with Crippen LogP contribution in [0.1, 0.15) is 12.0 Å². The fraction of sp³-hybridized carbons (Fsp3) is 0.533. The van der Waals surface area contributed by atoms with Gasteiger partial charge in [-0.2, -0.15) is 0 Å². The molecule has 0 bridgehead atoms. The summed E-state index contributed by atoms with van der Waals surface area (Å²) in [6.45, 7) is 2.25. The molecule has 1 aromatic rings. The van der Waals surface area contributed by atoms with E-state index in [9.17, 15) is 4.79 Å². The minimum Gasteiger partial charge on any atom is -0.396 e. The van der Waals surface area contributed by atoms with Gasteiger partial charge in [-0.25, -0.2) is 0 Å². The van der Waals surface area contributed by atoms with Crippen LogP contribution in [0.4, 0.5) is 5.69 Å². The number of anilines is 1. The molecular formula is C15H22N2O3. The lowest BCUT2D eigenvalue weighted by Crippen LogP contribution is -2.46. The number of rotatable bonds is 5. The number of aryl methyl sites for hydroxylation is 1. The van der Waals surface area contributed by atoms with Crippen LogP contribution in [0, 0.1) is 0 Å². The van der Waals surface area contributed by atoms with Gasteiger partial charge >= 0.3 is 0 Å². The van der Waals surface area contributed by atoms with Gasteiger partial charge in [-0.15, -0.1) is 0 Å². The molecular weight excluding hydrogens is 256 g/mol. The molecule has 1 unspecified atom stereocenters. The van der Waals surface area contributed by atoms with Crippen molar-refractivity contribution < 1.29 is 14.6 Å². The van der Waals surface area contributed by atoms with Gasteiger partial charge in [0.1, 0.15) is 6.10 Å². The van der Waals surface area contributed by atoms with Crippen molar-refractivity contribution in [3.63, 3.8) is 0 Å². The minimum atomic E-state index is -0.408. The second-order valence-corrected chi connectivity index (χ2v) is 5.14.